The average molecular weight is 590 g/mol. The quantitative estimate of drug-likeness (QED) is 0.350. The number of nitrogens with two attached hydrogens (primary N) is 1. The van der Waals surface area contributed by atoms with Crippen LogP contribution in [-0.2, 0) is 32.7 Å². The minimum atomic E-state index is -0.947. The van der Waals surface area contributed by atoms with Crippen LogP contribution in [0.25, 0.3) is 22.6 Å². The Morgan fingerprint density at radius 2 is 1.70 bits per heavy atom. The molecule has 1 atom stereocenters. The van der Waals surface area contributed by atoms with Gasteiger partial charge >= 0.3 is 12.1 Å². The third-order valence-corrected chi connectivity index (χ3v) is 6.73. The average Bonchev–Trinajstić information content (AvgIpc) is 3.41. The van der Waals surface area contributed by atoms with Crippen molar-refractivity contribution in [1.29, 1.82) is 0 Å². The number of primary amides is 1. The van der Waals surface area contributed by atoms with Gasteiger partial charge in [-0.05, 0) is 77.8 Å². The lowest BCUT2D eigenvalue weighted by molar-refractivity contribution is -0.155. The molecular formula is C32H39N5O6. The maximum Gasteiger partial charge on any atom is 0.412 e. The van der Waals surface area contributed by atoms with E-state index in [0.29, 0.717) is 17.1 Å². The third kappa shape index (κ3) is 7.59. The highest BCUT2D eigenvalue weighted by atomic mass is 16.6. The number of carbonyl (C=O) groups excluding carboxylic acids is 4. The largest absolute Gasteiger partial charge is 0.460 e. The smallest absolute Gasteiger partial charge is 0.412 e. The van der Waals surface area contributed by atoms with Crippen LogP contribution in [0.15, 0.2) is 48.7 Å². The van der Waals surface area contributed by atoms with E-state index in [2.05, 4.69) is 10.3 Å². The number of aromatic nitrogens is 2. The van der Waals surface area contributed by atoms with Gasteiger partial charge in [-0.2, -0.15) is 0 Å². The van der Waals surface area contributed by atoms with Crippen molar-refractivity contribution in [3.05, 3.63) is 59.8 Å². The van der Waals surface area contributed by atoms with Crippen LogP contribution in [0.1, 0.15) is 70.3 Å². The molecule has 1 aliphatic rings. The fourth-order valence-electron chi connectivity index (χ4n) is 4.96. The van der Waals surface area contributed by atoms with E-state index in [4.69, 9.17) is 15.2 Å². The number of benzene rings is 2. The maximum atomic E-state index is 13.2. The lowest BCUT2D eigenvalue weighted by Crippen LogP contribution is -2.45. The summed E-state index contributed by atoms with van der Waals surface area (Å²) in [7, 11) is 1.89. The van der Waals surface area contributed by atoms with E-state index in [9.17, 15) is 19.2 Å². The second-order valence-corrected chi connectivity index (χ2v) is 12.6. The summed E-state index contributed by atoms with van der Waals surface area (Å²) in [5, 5.41) is 2.76. The van der Waals surface area contributed by atoms with Crippen molar-refractivity contribution in [2.45, 2.75) is 78.2 Å². The zero-order chi connectivity index (χ0) is 31.7. The van der Waals surface area contributed by atoms with Gasteiger partial charge in [0.05, 0.1) is 11.9 Å². The highest BCUT2D eigenvalue weighted by Crippen LogP contribution is 2.32. The Morgan fingerprint density at radius 1 is 1.00 bits per heavy atom. The van der Waals surface area contributed by atoms with E-state index in [1.165, 1.54) is 4.90 Å². The molecular weight excluding hydrogens is 550 g/mol. The van der Waals surface area contributed by atoms with E-state index in [0.717, 1.165) is 22.4 Å². The fourth-order valence-corrected chi connectivity index (χ4v) is 4.96. The molecule has 0 fully saturated rings. The Morgan fingerprint density at radius 3 is 2.35 bits per heavy atom. The molecule has 1 aliphatic heterocycles. The first-order valence-corrected chi connectivity index (χ1v) is 14.1. The molecule has 228 valence electrons. The number of ether oxygens (including phenoxy) is 2. The normalized spacial score (nSPS) is 13.8. The number of hydrogen-bond donors (Lipinski definition) is 2. The maximum absolute atomic E-state index is 13.2. The number of esters is 1. The van der Waals surface area contributed by atoms with Crippen molar-refractivity contribution in [3.8, 4) is 22.6 Å². The number of nitrogens with one attached hydrogen (secondary N) is 1. The molecule has 3 aromatic rings. The zero-order valence-electron chi connectivity index (χ0n) is 25.7. The summed E-state index contributed by atoms with van der Waals surface area (Å²) in [5.41, 5.74) is 8.63. The van der Waals surface area contributed by atoms with Crippen LogP contribution in [0.2, 0.25) is 0 Å². The van der Waals surface area contributed by atoms with E-state index in [1.54, 1.807) is 59.9 Å². The third-order valence-electron chi connectivity index (χ3n) is 6.73. The van der Waals surface area contributed by atoms with Gasteiger partial charge in [0.1, 0.15) is 23.1 Å². The zero-order valence-corrected chi connectivity index (χ0v) is 25.7. The number of nitrogens with zero attached hydrogens (tertiary/aromatic N) is 3. The van der Waals surface area contributed by atoms with Gasteiger partial charge in [0.25, 0.3) is 5.91 Å². The van der Waals surface area contributed by atoms with Crippen LogP contribution in [0.3, 0.4) is 0 Å². The van der Waals surface area contributed by atoms with Gasteiger partial charge in [-0.25, -0.2) is 9.78 Å². The van der Waals surface area contributed by atoms with Crippen molar-refractivity contribution in [2.24, 2.45) is 12.8 Å². The molecule has 0 bridgehead atoms. The number of rotatable bonds is 8. The molecule has 3 N–H and O–H groups in total. The van der Waals surface area contributed by atoms with Gasteiger partial charge in [-0.3, -0.25) is 19.7 Å². The number of hydrogen-bond acceptors (Lipinski definition) is 7. The van der Waals surface area contributed by atoms with Gasteiger partial charge in [0.2, 0.25) is 5.91 Å². The van der Waals surface area contributed by atoms with E-state index in [-0.39, 0.29) is 25.3 Å². The van der Waals surface area contributed by atoms with Crippen LogP contribution >= 0.6 is 0 Å². The Labute approximate surface area is 251 Å². The standard InChI is InChI=1S/C32H39N5O6/c1-31(2,3)42-26(38)14-13-24(27(33)39)37-18-21-15-20(11-12-23(21)29(37)40)28-34-17-25(36(28)7)19-9-8-10-22(16-19)35-30(41)43-32(4,5)6/h8-12,15-17,24H,13-14,18H2,1-7H3,(H2,33,39)(H,35,41). The van der Waals surface area contributed by atoms with E-state index < -0.39 is 35.2 Å². The molecule has 0 saturated carbocycles. The Hall–Kier alpha value is -4.67. The van der Waals surface area contributed by atoms with Crippen molar-refractivity contribution < 1.29 is 28.7 Å². The topological polar surface area (TPSA) is 146 Å². The molecule has 4 rings (SSSR count). The van der Waals surface area contributed by atoms with E-state index in [1.807, 2.05) is 41.9 Å². The summed E-state index contributed by atoms with van der Waals surface area (Å²) >= 11 is 0. The number of anilines is 1. The lowest BCUT2D eigenvalue weighted by atomic mass is 10.1. The molecule has 1 unspecified atom stereocenters. The van der Waals surface area contributed by atoms with Crippen LogP contribution in [-0.4, -0.2) is 55.6 Å². The second-order valence-electron chi connectivity index (χ2n) is 12.6. The summed E-state index contributed by atoms with van der Waals surface area (Å²) < 4.78 is 12.6. The number of fused-ring (bicyclic) bond motifs is 1. The van der Waals surface area contributed by atoms with Crippen LogP contribution < -0.4 is 11.1 Å². The van der Waals surface area contributed by atoms with Gasteiger partial charge < -0.3 is 24.7 Å². The minimum absolute atomic E-state index is 0.0409. The molecule has 0 radical (unpaired) electrons. The molecule has 43 heavy (non-hydrogen) atoms. The SMILES string of the molecule is Cn1c(-c2cccc(NC(=O)OC(C)(C)C)c2)cnc1-c1ccc2c(c1)CN(C(CCC(=O)OC(C)(C)C)C(N)=O)C2=O. The first-order chi connectivity index (χ1) is 20.0. The number of amides is 3. The molecule has 3 amide bonds. The first kappa shape index (κ1) is 31.3. The van der Waals surface area contributed by atoms with Gasteiger partial charge in [0.15, 0.2) is 0 Å². The van der Waals surface area contributed by atoms with Gasteiger partial charge in [-0.15, -0.1) is 0 Å². The monoisotopic (exact) mass is 589 g/mol. The van der Waals surface area contributed by atoms with Crippen LogP contribution in [0, 0.1) is 0 Å². The summed E-state index contributed by atoms with van der Waals surface area (Å²) in [6, 6.07) is 11.8. The molecule has 2 heterocycles. The predicted molar refractivity (Wildman–Crippen MR) is 162 cm³/mol. The molecule has 0 spiro atoms. The number of imidazole rings is 1. The summed E-state index contributed by atoms with van der Waals surface area (Å²) in [4.78, 5) is 56.1. The highest BCUT2D eigenvalue weighted by molar-refractivity contribution is 6.01. The van der Waals surface area contributed by atoms with E-state index >= 15 is 0 Å². The Bertz CT molecular complexity index is 1560. The lowest BCUT2D eigenvalue weighted by Gasteiger charge is -2.25. The molecule has 0 saturated heterocycles. The highest BCUT2D eigenvalue weighted by Gasteiger charge is 2.36. The summed E-state index contributed by atoms with van der Waals surface area (Å²) in [6.07, 6.45) is 1.23. The molecule has 1 aromatic heterocycles. The molecule has 11 nitrogen and oxygen atoms in total. The molecule has 0 aliphatic carbocycles. The van der Waals surface area contributed by atoms with Crippen LogP contribution in [0.5, 0.6) is 0 Å². The van der Waals surface area contributed by atoms with Gasteiger partial charge in [-0.1, -0.05) is 18.2 Å². The molecule has 11 heteroatoms. The van der Waals surface area contributed by atoms with Crippen molar-refractivity contribution in [2.75, 3.05) is 5.32 Å². The Kier molecular flexibility index (Phi) is 8.66. The van der Waals surface area contributed by atoms with Crippen molar-refractivity contribution in [1.82, 2.24) is 14.5 Å². The van der Waals surface area contributed by atoms with Gasteiger partial charge in [0, 0.05) is 42.4 Å². The predicted octanol–water partition coefficient (Wildman–Crippen LogP) is 5.03. The van der Waals surface area contributed by atoms with Crippen molar-refractivity contribution >= 4 is 29.6 Å². The second kappa shape index (κ2) is 11.9. The Balaban J connectivity index is 1.52. The summed E-state index contributed by atoms with van der Waals surface area (Å²) in [6.45, 7) is 10.9. The minimum Gasteiger partial charge on any atom is -0.460 e. The molecule has 2 aromatic carbocycles. The fraction of sp³-hybridized carbons (Fsp3) is 0.406. The first-order valence-electron chi connectivity index (χ1n) is 14.1. The van der Waals surface area contributed by atoms with Crippen LogP contribution in [0.4, 0.5) is 10.5 Å². The summed E-state index contributed by atoms with van der Waals surface area (Å²) in [5.74, 6) is -0.779. The number of carbonyl (C=O) groups is 4. The van der Waals surface area contributed by atoms with Crippen molar-refractivity contribution in [3.63, 3.8) is 0 Å².